The van der Waals surface area contributed by atoms with Gasteiger partial charge in [0.2, 0.25) is 0 Å². The first-order valence-electron chi connectivity index (χ1n) is 6.87. The van der Waals surface area contributed by atoms with Crippen molar-refractivity contribution in [2.24, 2.45) is 0 Å². The lowest BCUT2D eigenvalue weighted by molar-refractivity contribution is 0.767. The third-order valence-corrected chi connectivity index (χ3v) is 4.24. The van der Waals surface area contributed by atoms with Crippen LogP contribution in [0, 0.1) is 0 Å². The third kappa shape index (κ3) is 3.55. The summed E-state index contributed by atoms with van der Waals surface area (Å²) in [5.41, 5.74) is 2.26. The minimum Gasteiger partial charge on any atom is -0.345 e. The molecule has 0 saturated heterocycles. The van der Waals surface area contributed by atoms with Crippen molar-refractivity contribution in [2.75, 3.05) is 19.0 Å². The smallest absolute Gasteiger partial charge is 0.185 e. The van der Waals surface area contributed by atoms with E-state index in [-0.39, 0.29) is 0 Å². The molecule has 0 spiro atoms. The summed E-state index contributed by atoms with van der Waals surface area (Å²) in [5.74, 6) is 0.451. The number of nitrogens with zero attached hydrogens (tertiary/aromatic N) is 3. The van der Waals surface area contributed by atoms with E-state index in [1.165, 1.54) is 10.6 Å². The molecule has 5 heteroatoms. The number of thiazole rings is 1. The van der Waals surface area contributed by atoms with Gasteiger partial charge in [-0.3, -0.25) is 4.98 Å². The monoisotopic (exact) mass is 290 g/mol. The van der Waals surface area contributed by atoms with Gasteiger partial charge in [0.05, 0.1) is 17.9 Å². The van der Waals surface area contributed by atoms with Gasteiger partial charge in [0, 0.05) is 24.7 Å². The largest absolute Gasteiger partial charge is 0.345 e. The number of anilines is 1. The summed E-state index contributed by atoms with van der Waals surface area (Å²) in [4.78, 5) is 12.7. The first kappa shape index (κ1) is 14.9. The minimum absolute atomic E-state index is 0.451. The van der Waals surface area contributed by atoms with Gasteiger partial charge in [-0.1, -0.05) is 19.9 Å². The fourth-order valence-electron chi connectivity index (χ4n) is 2.05. The van der Waals surface area contributed by atoms with Crippen LogP contribution in [0.5, 0.6) is 0 Å². The molecule has 0 aliphatic heterocycles. The number of rotatable bonds is 6. The van der Waals surface area contributed by atoms with Gasteiger partial charge in [-0.05, 0) is 25.1 Å². The Morgan fingerprint density at radius 1 is 1.35 bits per heavy atom. The van der Waals surface area contributed by atoms with E-state index in [0.29, 0.717) is 5.92 Å². The molecule has 4 nitrogen and oxygen atoms in total. The molecule has 0 aromatic carbocycles. The summed E-state index contributed by atoms with van der Waals surface area (Å²) in [6, 6.07) is 6.00. The van der Waals surface area contributed by atoms with Gasteiger partial charge < -0.3 is 10.2 Å². The first-order chi connectivity index (χ1) is 9.61. The highest BCUT2D eigenvalue weighted by atomic mass is 32.1. The van der Waals surface area contributed by atoms with Gasteiger partial charge in [0.1, 0.15) is 0 Å². The second-order valence-electron chi connectivity index (χ2n) is 5.17. The predicted molar refractivity (Wildman–Crippen MR) is 85.3 cm³/mol. The van der Waals surface area contributed by atoms with Crippen LogP contribution in [0.4, 0.5) is 5.13 Å². The quantitative estimate of drug-likeness (QED) is 0.888. The van der Waals surface area contributed by atoms with Gasteiger partial charge in [-0.15, -0.1) is 11.3 Å². The highest BCUT2D eigenvalue weighted by Gasteiger charge is 2.16. The Hall–Kier alpha value is -1.46. The molecular formula is C15H22N4S. The van der Waals surface area contributed by atoms with Crippen LogP contribution >= 0.6 is 11.3 Å². The summed E-state index contributed by atoms with van der Waals surface area (Å²) in [6.07, 6.45) is 1.83. The normalized spacial score (nSPS) is 11.1. The SMILES string of the molecule is CNCc1sc(N(C)Cc2ccccn2)nc1C(C)C. The zero-order valence-electron chi connectivity index (χ0n) is 12.6. The molecule has 1 N–H and O–H groups in total. The Labute approximate surface area is 124 Å². The summed E-state index contributed by atoms with van der Waals surface area (Å²) >= 11 is 1.76. The van der Waals surface area contributed by atoms with Gasteiger partial charge >= 0.3 is 0 Å². The molecule has 2 aromatic heterocycles. The van der Waals surface area contributed by atoms with Gasteiger partial charge in [-0.2, -0.15) is 0 Å². The van der Waals surface area contributed by atoms with Gasteiger partial charge in [0.25, 0.3) is 0 Å². The fraction of sp³-hybridized carbons (Fsp3) is 0.467. The van der Waals surface area contributed by atoms with E-state index in [0.717, 1.165) is 23.9 Å². The number of hydrogen-bond donors (Lipinski definition) is 1. The average Bonchev–Trinajstić information content (AvgIpc) is 2.85. The number of pyridine rings is 1. The number of aromatic nitrogens is 2. The topological polar surface area (TPSA) is 41.0 Å². The molecular weight excluding hydrogens is 268 g/mol. The Kier molecular flexibility index (Phi) is 5.09. The first-order valence-corrected chi connectivity index (χ1v) is 7.68. The van der Waals surface area contributed by atoms with E-state index < -0.39 is 0 Å². The Bertz CT molecular complexity index is 536. The van der Waals surface area contributed by atoms with E-state index >= 15 is 0 Å². The number of nitrogens with one attached hydrogen (secondary N) is 1. The molecule has 2 rings (SSSR count). The Balaban J connectivity index is 2.17. The van der Waals surface area contributed by atoms with Crippen molar-refractivity contribution in [3.63, 3.8) is 0 Å². The lowest BCUT2D eigenvalue weighted by Gasteiger charge is -2.14. The minimum atomic E-state index is 0.451. The zero-order valence-corrected chi connectivity index (χ0v) is 13.4. The molecule has 20 heavy (non-hydrogen) atoms. The molecule has 0 saturated carbocycles. The zero-order chi connectivity index (χ0) is 14.5. The molecule has 0 atom stereocenters. The molecule has 0 radical (unpaired) electrons. The van der Waals surface area contributed by atoms with Crippen LogP contribution in [0.2, 0.25) is 0 Å². The van der Waals surface area contributed by atoms with E-state index in [2.05, 4.69) is 36.1 Å². The van der Waals surface area contributed by atoms with Crippen molar-refractivity contribution in [3.05, 3.63) is 40.7 Å². The van der Waals surface area contributed by atoms with E-state index in [1.54, 1.807) is 11.3 Å². The molecule has 2 heterocycles. The summed E-state index contributed by atoms with van der Waals surface area (Å²) in [5, 5.41) is 4.28. The summed E-state index contributed by atoms with van der Waals surface area (Å²) in [7, 11) is 4.04. The molecule has 0 amide bonds. The van der Waals surface area contributed by atoms with E-state index in [4.69, 9.17) is 4.98 Å². The van der Waals surface area contributed by atoms with Gasteiger partial charge in [-0.25, -0.2) is 4.98 Å². The van der Waals surface area contributed by atoms with Crippen LogP contribution in [0.25, 0.3) is 0 Å². The van der Waals surface area contributed by atoms with Gasteiger partial charge in [0.15, 0.2) is 5.13 Å². The van der Waals surface area contributed by atoms with Crippen molar-refractivity contribution in [1.29, 1.82) is 0 Å². The second-order valence-corrected chi connectivity index (χ2v) is 6.23. The van der Waals surface area contributed by atoms with Crippen LogP contribution < -0.4 is 10.2 Å². The van der Waals surface area contributed by atoms with Crippen LogP contribution in [-0.4, -0.2) is 24.1 Å². The van der Waals surface area contributed by atoms with Crippen LogP contribution in [-0.2, 0) is 13.1 Å². The van der Waals surface area contributed by atoms with Crippen molar-refractivity contribution in [1.82, 2.24) is 15.3 Å². The Morgan fingerprint density at radius 3 is 2.75 bits per heavy atom. The Morgan fingerprint density at radius 2 is 2.15 bits per heavy atom. The highest BCUT2D eigenvalue weighted by molar-refractivity contribution is 7.15. The lowest BCUT2D eigenvalue weighted by atomic mass is 10.1. The van der Waals surface area contributed by atoms with Crippen LogP contribution in [0.3, 0.4) is 0 Å². The fourth-order valence-corrected chi connectivity index (χ4v) is 3.24. The molecule has 0 aliphatic rings. The highest BCUT2D eigenvalue weighted by Crippen LogP contribution is 2.30. The third-order valence-electron chi connectivity index (χ3n) is 3.05. The molecule has 0 bridgehead atoms. The van der Waals surface area contributed by atoms with Crippen molar-refractivity contribution in [3.8, 4) is 0 Å². The number of hydrogen-bond acceptors (Lipinski definition) is 5. The molecule has 0 unspecified atom stereocenters. The maximum Gasteiger partial charge on any atom is 0.185 e. The van der Waals surface area contributed by atoms with Crippen LogP contribution in [0.1, 0.15) is 36.0 Å². The predicted octanol–water partition coefficient (Wildman–Crippen LogP) is 3.02. The maximum atomic E-state index is 4.80. The van der Waals surface area contributed by atoms with Crippen molar-refractivity contribution < 1.29 is 0 Å². The second kappa shape index (κ2) is 6.81. The maximum absolute atomic E-state index is 4.80. The summed E-state index contributed by atoms with van der Waals surface area (Å²) < 4.78 is 0. The van der Waals surface area contributed by atoms with Crippen molar-refractivity contribution in [2.45, 2.75) is 32.9 Å². The van der Waals surface area contributed by atoms with Crippen LogP contribution in [0.15, 0.2) is 24.4 Å². The van der Waals surface area contributed by atoms with E-state index in [1.807, 2.05) is 31.4 Å². The standard InChI is InChI=1S/C15H22N4S/c1-11(2)14-13(9-16-3)20-15(18-14)19(4)10-12-7-5-6-8-17-12/h5-8,11,16H,9-10H2,1-4H3. The molecule has 0 fully saturated rings. The van der Waals surface area contributed by atoms with E-state index in [9.17, 15) is 0 Å². The average molecular weight is 290 g/mol. The lowest BCUT2D eigenvalue weighted by Crippen LogP contribution is -2.16. The molecule has 2 aromatic rings. The molecule has 0 aliphatic carbocycles. The van der Waals surface area contributed by atoms with Crippen molar-refractivity contribution >= 4 is 16.5 Å². The molecule has 108 valence electrons. The summed E-state index contributed by atoms with van der Waals surface area (Å²) in [6.45, 7) is 6.04.